The summed E-state index contributed by atoms with van der Waals surface area (Å²) in [6.07, 6.45) is 4.28. The van der Waals surface area contributed by atoms with Crippen molar-refractivity contribution in [1.29, 1.82) is 0 Å². The Labute approximate surface area is 142 Å². The Kier molecular flexibility index (Phi) is 11.9. The van der Waals surface area contributed by atoms with Crippen molar-refractivity contribution in [3.8, 4) is 0 Å². The van der Waals surface area contributed by atoms with Gasteiger partial charge in [0.25, 0.3) is 0 Å². The molecule has 0 unspecified atom stereocenters. The van der Waals surface area contributed by atoms with Crippen LogP contribution in [-0.4, -0.2) is 88.1 Å². The van der Waals surface area contributed by atoms with Gasteiger partial charge in [-0.1, -0.05) is 0 Å². The molecule has 0 aromatic heterocycles. The number of nitrogens with one attached hydrogen (secondary N) is 1. The predicted octanol–water partition coefficient (Wildman–Crippen LogP) is 1.14. The van der Waals surface area contributed by atoms with Gasteiger partial charge in [-0.15, -0.1) is 12.4 Å². The lowest BCUT2D eigenvalue weighted by Gasteiger charge is -2.30. The topological polar surface area (TPSA) is 38.8 Å². The molecule has 0 bridgehead atoms. The van der Waals surface area contributed by atoms with Gasteiger partial charge in [-0.25, -0.2) is 0 Å². The van der Waals surface area contributed by atoms with E-state index in [-0.39, 0.29) is 18.3 Å². The first-order valence-electron chi connectivity index (χ1n) is 8.29. The monoisotopic (exact) mass is 334 g/mol. The van der Waals surface area contributed by atoms with Crippen molar-refractivity contribution in [2.75, 3.05) is 67.5 Å². The molecule has 1 rings (SSSR count). The Morgan fingerprint density at radius 2 is 1.55 bits per heavy atom. The summed E-state index contributed by atoms with van der Waals surface area (Å²) in [5, 5.41) is 3.36. The average Bonchev–Trinajstić information content (AvgIpc) is 2.45. The van der Waals surface area contributed by atoms with Gasteiger partial charge in [-0.2, -0.15) is 0 Å². The first-order chi connectivity index (χ1) is 10.0. The second-order valence-electron chi connectivity index (χ2n) is 6.68. The SMILES string of the molecule is CN(C)CCCN(CCCN(C)C)C(=O)[C@@H]1CCCNC1.Cl. The van der Waals surface area contributed by atoms with E-state index in [0.29, 0.717) is 5.91 Å². The molecule has 1 heterocycles. The highest BCUT2D eigenvalue weighted by atomic mass is 35.5. The highest BCUT2D eigenvalue weighted by Crippen LogP contribution is 2.14. The second kappa shape index (κ2) is 12.1. The third-order valence-corrected chi connectivity index (χ3v) is 4.02. The van der Waals surface area contributed by atoms with E-state index in [1.54, 1.807) is 0 Å². The van der Waals surface area contributed by atoms with Crippen LogP contribution in [-0.2, 0) is 4.79 Å². The fourth-order valence-electron chi connectivity index (χ4n) is 2.81. The zero-order chi connectivity index (χ0) is 15.7. The minimum Gasteiger partial charge on any atom is -0.342 e. The van der Waals surface area contributed by atoms with Gasteiger partial charge in [0.2, 0.25) is 5.91 Å². The normalized spacial score (nSPS) is 18.4. The molecule has 22 heavy (non-hydrogen) atoms. The predicted molar refractivity (Wildman–Crippen MR) is 95.8 cm³/mol. The largest absolute Gasteiger partial charge is 0.342 e. The van der Waals surface area contributed by atoms with E-state index in [4.69, 9.17) is 0 Å². The highest BCUT2D eigenvalue weighted by Gasteiger charge is 2.25. The Balaban J connectivity index is 0.00000441. The number of carbonyl (C=O) groups excluding carboxylic acids is 1. The zero-order valence-electron chi connectivity index (χ0n) is 14.8. The lowest BCUT2D eigenvalue weighted by atomic mass is 9.98. The molecule has 132 valence electrons. The van der Waals surface area contributed by atoms with Crippen LogP contribution in [0.4, 0.5) is 0 Å². The molecule has 0 aromatic rings. The van der Waals surface area contributed by atoms with Crippen LogP contribution in [0.25, 0.3) is 0 Å². The van der Waals surface area contributed by atoms with Gasteiger partial charge in [0.1, 0.15) is 0 Å². The smallest absolute Gasteiger partial charge is 0.226 e. The van der Waals surface area contributed by atoms with Crippen LogP contribution in [0.2, 0.25) is 0 Å². The van der Waals surface area contributed by atoms with Crippen molar-refractivity contribution in [3.63, 3.8) is 0 Å². The fraction of sp³-hybridized carbons (Fsp3) is 0.938. The number of halogens is 1. The molecule has 1 N–H and O–H groups in total. The van der Waals surface area contributed by atoms with E-state index in [0.717, 1.165) is 65.0 Å². The lowest BCUT2D eigenvalue weighted by Crippen LogP contribution is -2.44. The standard InChI is InChI=1S/C16H34N4O.ClH/c1-18(2)10-6-12-20(13-7-11-19(3)4)16(21)15-8-5-9-17-14-15;/h15,17H,5-14H2,1-4H3;1H/t15-;/m1./s1. The van der Waals surface area contributed by atoms with Gasteiger partial charge in [-0.05, 0) is 73.5 Å². The quantitative estimate of drug-likeness (QED) is 0.686. The maximum absolute atomic E-state index is 12.7. The number of carbonyl (C=O) groups is 1. The molecule has 1 saturated heterocycles. The van der Waals surface area contributed by atoms with Gasteiger partial charge in [0.15, 0.2) is 0 Å². The van der Waals surface area contributed by atoms with Gasteiger partial charge < -0.3 is 20.0 Å². The number of rotatable bonds is 9. The van der Waals surface area contributed by atoms with E-state index >= 15 is 0 Å². The van der Waals surface area contributed by atoms with E-state index in [2.05, 4.69) is 48.2 Å². The van der Waals surface area contributed by atoms with Crippen LogP contribution in [0.3, 0.4) is 0 Å². The highest BCUT2D eigenvalue weighted by molar-refractivity contribution is 5.85. The molecule has 0 aromatic carbocycles. The zero-order valence-corrected chi connectivity index (χ0v) is 15.6. The first-order valence-corrected chi connectivity index (χ1v) is 8.29. The molecule has 1 aliphatic rings. The first kappa shape index (κ1) is 21.6. The number of nitrogens with zero attached hydrogens (tertiary/aromatic N) is 3. The molecule has 1 amide bonds. The minimum atomic E-state index is 0. The van der Waals surface area contributed by atoms with Crippen molar-refractivity contribution in [1.82, 2.24) is 20.0 Å². The summed E-state index contributed by atoms with van der Waals surface area (Å²) in [6, 6.07) is 0. The molecular formula is C16H35ClN4O. The van der Waals surface area contributed by atoms with E-state index < -0.39 is 0 Å². The van der Waals surface area contributed by atoms with E-state index in [1.807, 2.05) is 0 Å². The summed E-state index contributed by atoms with van der Waals surface area (Å²) in [5.41, 5.74) is 0. The second-order valence-corrected chi connectivity index (χ2v) is 6.68. The summed E-state index contributed by atoms with van der Waals surface area (Å²) in [7, 11) is 8.35. The molecule has 1 atom stereocenters. The number of piperidine rings is 1. The molecule has 0 radical (unpaired) electrons. The van der Waals surface area contributed by atoms with E-state index in [9.17, 15) is 4.79 Å². The van der Waals surface area contributed by atoms with Crippen LogP contribution < -0.4 is 5.32 Å². The minimum absolute atomic E-state index is 0. The van der Waals surface area contributed by atoms with Gasteiger partial charge in [-0.3, -0.25) is 4.79 Å². The summed E-state index contributed by atoms with van der Waals surface area (Å²) in [4.78, 5) is 19.2. The Morgan fingerprint density at radius 3 is 1.95 bits per heavy atom. The van der Waals surface area contributed by atoms with Gasteiger partial charge in [0.05, 0.1) is 5.92 Å². The van der Waals surface area contributed by atoms with Crippen molar-refractivity contribution in [3.05, 3.63) is 0 Å². The molecule has 0 spiro atoms. The Morgan fingerprint density at radius 1 is 1.00 bits per heavy atom. The van der Waals surface area contributed by atoms with Crippen LogP contribution in [0.1, 0.15) is 25.7 Å². The van der Waals surface area contributed by atoms with Crippen LogP contribution in [0.5, 0.6) is 0 Å². The Hall–Kier alpha value is -0.360. The average molecular weight is 335 g/mol. The number of hydrogen-bond donors (Lipinski definition) is 1. The van der Waals surface area contributed by atoms with Crippen LogP contribution in [0.15, 0.2) is 0 Å². The van der Waals surface area contributed by atoms with Crippen LogP contribution in [0, 0.1) is 5.92 Å². The summed E-state index contributed by atoms with van der Waals surface area (Å²) < 4.78 is 0. The maximum atomic E-state index is 12.7. The molecule has 0 aliphatic carbocycles. The maximum Gasteiger partial charge on any atom is 0.226 e. The molecule has 1 aliphatic heterocycles. The summed E-state index contributed by atoms with van der Waals surface area (Å²) >= 11 is 0. The molecule has 1 fully saturated rings. The summed E-state index contributed by atoms with van der Waals surface area (Å²) in [5.74, 6) is 0.553. The van der Waals surface area contributed by atoms with Crippen molar-refractivity contribution < 1.29 is 4.79 Å². The van der Waals surface area contributed by atoms with Crippen LogP contribution >= 0.6 is 12.4 Å². The molecular weight excluding hydrogens is 300 g/mol. The fourth-order valence-corrected chi connectivity index (χ4v) is 2.81. The molecule has 6 heteroatoms. The molecule has 5 nitrogen and oxygen atoms in total. The van der Waals surface area contributed by atoms with Gasteiger partial charge in [0, 0.05) is 19.6 Å². The number of amides is 1. The lowest BCUT2D eigenvalue weighted by molar-refractivity contribution is -0.136. The number of hydrogen-bond acceptors (Lipinski definition) is 4. The van der Waals surface area contributed by atoms with Crippen molar-refractivity contribution >= 4 is 18.3 Å². The Bertz CT molecular complexity index is 280. The van der Waals surface area contributed by atoms with Crippen molar-refractivity contribution in [2.24, 2.45) is 5.92 Å². The summed E-state index contributed by atoms with van der Waals surface area (Å²) in [6.45, 7) is 5.78. The molecule has 0 saturated carbocycles. The third kappa shape index (κ3) is 8.93. The third-order valence-electron chi connectivity index (χ3n) is 4.02. The van der Waals surface area contributed by atoms with Crippen molar-refractivity contribution in [2.45, 2.75) is 25.7 Å². The van der Waals surface area contributed by atoms with Gasteiger partial charge >= 0.3 is 0 Å². The van der Waals surface area contributed by atoms with E-state index in [1.165, 1.54) is 0 Å².